The van der Waals surface area contributed by atoms with Crippen molar-refractivity contribution in [3.05, 3.63) is 23.8 Å². The number of carbonyl (C=O) groups is 1. The molecule has 4 aliphatic carbocycles. The van der Waals surface area contributed by atoms with Gasteiger partial charge in [-0.1, -0.05) is 32.6 Å². The first-order chi connectivity index (χ1) is 19.9. The second kappa shape index (κ2) is 14.6. The molecule has 4 saturated carbocycles. The maximum Gasteiger partial charge on any atom is 0.309 e. The molecule has 0 aromatic heterocycles. The SMILES string of the molecule is CCCC1CCC(C2CCC(OC(=O)C3CCC4CC(COc5ccc(OCC)c(F)c5F)CCC4C3)CC2)CC1. The Balaban J connectivity index is 1.01. The zero-order valence-corrected chi connectivity index (χ0v) is 25.4. The van der Waals surface area contributed by atoms with Crippen LogP contribution < -0.4 is 9.47 Å². The molecule has 0 saturated heterocycles. The first-order valence-electron chi connectivity index (χ1n) is 16.9. The Bertz CT molecular complexity index is 983. The van der Waals surface area contributed by atoms with Gasteiger partial charge in [0.05, 0.1) is 19.1 Å². The van der Waals surface area contributed by atoms with Crippen molar-refractivity contribution in [3.63, 3.8) is 0 Å². The third-order valence-corrected chi connectivity index (χ3v) is 11.1. The molecule has 0 spiro atoms. The zero-order valence-electron chi connectivity index (χ0n) is 25.4. The van der Waals surface area contributed by atoms with Crippen molar-refractivity contribution in [1.82, 2.24) is 0 Å². The lowest BCUT2D eigenvalue weighted by molar-refractivity contribution is -0.159. The van der Waals surface area contributed by atoms with Crippen LogP contribution in [0.3, 0.4) is 0 Å². The van der Waals surface area contributed by atoms with Crippen LogP contribution in [0.2, 0.25) is 0 Å². The summed E-state index contributed by atoms with van der Waals surface area (Å²) in [7, 11) is 0. The molecule has 1 aromatic rings. The molecule has 6 heteroatoms. The van der Waals surface area contributed by atoms with Gasteiger partial charge in [0.1, 0.15) is 6.10 Å². The van der Waals surface area contributed by atoms with E-state index >= 15 is 0 Å². The fourth-order valence-electron chi connectivity index (χ4n) is 8.75. The van der Waals surface area contributed by atoms with Crippen molar-refractivity contribution in [3.8, 4) is 11.5 Å². The molecule has 0 radical (unpaired) electrons. The van der Waals surface area contributed by atoms with E-state index in [-0.39, 0.29) is 36.1 Å². The molecular weight excluding hydrogens is 522 g/mol. The molecule has 1 aromatic carbocycles. The number of halogens is 2. The first kappa shape index (κ1) is 30.6. The van der Waals surface area contributed by atoms with Crippen molar-refractivity contribution >= 4 is 5.97 Å². The zero-order chi connectivity index (χ0) is 28.8. The van der Waals surface area contributed by atoms with Crippen molar-refractivity contribution in [1.29, 1.82) is 0 Å². The highest BCUT2D eigenvalue weighted by Crippen LogP contribution is 2.46. The number of ether oxygens (including phenoxy) is 3. The van der Waals surface area contributed by atoms with E-state index in [0.717, 1.165) is 69.1 Å². The van der Waals surface area contributed by atoms with Gasteiger partial charge in [0.25, 0.3) is 0 Å². The number of benzene rings is 1. The number of carbonyl (C=O) groups excluding carboxylic acids is 1. The van der Waals surface area contributed by atoms with Gasteiger partial charge in [-0.05, 0) is 132 Å². The molecule has 4 atom stereocenters. The minimum Gasteiger partial charge on any atom is -0.491 e. The summed E-state index contributed by atoms with van der Waals surface area (Å²) >= 11 is 0. The maximum atomic E-state index is 14.4. The van der Waals surface area contributed by atoms with Crippen LogP contribution in [0, 0.1) is 53.1 Å². The fourth-order valence-corrected chi connectivity index (χ4v) is 8.75. The number of hydrogen-bond donors (Lipinski definition) is 0. The molecule has 41 heavy (non-hydrogen) atoms. The number of esters is 1. The molecule has 0 bridgehead atoms. The van der Waals surface area contributed by atoms with Crippen LogP contribution in [0.1, 0.15) is 117 Å². The smallest absolute Gasteiger partial charge is 0.309 e. The van der Waals surface area contributed by atoms with E-state index in [0.29, 0.717) is 24.4 Å². The van der Waals surface area contributed by atoms with Crippen LogP contribution >= 0.6 is 0 Å². The average Bonchev–Trinajstić information content (AvgIpc) is 3.00. The predicted molar refractivity (Wildman–Crippen MR) is 157 cm³/mol. The number of fused-ring (bicyclic) bond motifs is 1. The highest BCUT2D eigenvalue weighted by atomic mass is 19.2. The van der Waals surface area contributed by atoms with Crippen LogP contribution in [-0.2, 0) is 9.53 Å². The van der Waals surface area contributed by atoms with Crippen LogP contribution in [0.4, 0.5) is 8.78 Å². The van der Waals surface area contributed by atoms with Crippen molar-refractivity contribution in [2.45, 2.75) is 123 Å². The van der Waals surface area contributed by atoms with E-state index in [2.05, 4.69) is 6.92 Å². The number of hydrogen-bond acceptors (Lipinski definition) is 4. The van der Waals surface area contributed by atoms with Crippen LogP contribution in [-0.4, -0.2) is 25.3 Å². The van der Waals surface area contributed by atoms with Gasteiger partial charge in [-0.2, -0.15) is 8.78 Å². The summed E-state index contributed by atoms with van der Waals surface area (Å²) in [6, 6.07) is 2.89. The standard InChI is InChI=1S/C35H52F2O4/c1-3-5-23-6-9-25(10-7-23)26-14-16-30(17-15-26)41-35(38)29-13-12-27-20-24(8-11-28(27)21-29)22-40-32-19-18-31(39-4-2)33(36)34(32)37/h18-19,23-30H,3-17,20-22H2,1-2H3. The summed E-state index contributed by atoms with van der Waals surface area (Å²) in [5.74, 6) is 2.14. The fraction of sp³-hybridized carbons (Fsp3) is 0.800. The Morgan fingerprint density at radius 1 is 0.707 bits per heavy atom. The summed E-state index contributed by atoms with van der Waals surface area (Å²) in [6.07, 6.45) is 19.0. The van der Waals surface area contributed by atoms with Crippen LogP contribution in [0.15, 0.2) is 12.1 Å². The van der Waals surface area contributed by atoms with E-state index in [1.165, 1.54) is 63.5 Å². The van der Waals surface area contributed by atoms with Gasteiger partial charge in [-0.3, -0.25) is 4.79 Å². The molecule has 0 aliphatic heterocycles. The summed E-state index contributed by atoms with van der Waals surface area (Å²) in [5, 5.41) is 0. The summed E-state index contributed by atoms with van der Waals surface area (Å²) < 4.78 is 45.6. The lowest BCUT2D eigenvalue weighted by Crippen LogP contribution is -2.37. The predicted octanol–water partition coefficient (Wildman–Crippen LogP) is 9.28. The Labute approximate surface area is 246 Å². The summed E-state index contributed by atoms with van der Waals surface area (Å²) in [4.78, 5) is 13.2. The second-order valence-corrected chi connectivity index (χ2v) is 13.7. The van der Waals surface area contributed by atoms with Gasteiger partial charge in [0, 0.05) is 0 Å². The van der Waals surface area contributed by atoms with Crippen molar-refractivity contribution < 1.29 is 27.8 Å². The molecule has 4 nitrogen and oxygen atoms in total. The normalized spacial score (nSPS) is 34.0. The minimum atomic E-state index is -0.990. The van der Waals surface area contributed by atoms with Crippen molar-refractivity contribution in [2.24, 2.45) is 41.4 Å². The van der Waals surface area contributed by atoms with E-state index in [1.54, 1.807) is 6.92 Å². The molecular formula is C35H52F2O4. The Hall–Kier alpha value is -1.85. The lowest BCUT2D eigenvalue weighted by atomic mass is 9.65. The summed E-state index contributed by atoms with van der Waals surface area (Å²) in [6.45, 7) is 4.71. The molecule has 230 valence electrons. The van der Waals surface area contributed by atoms with Gasteiger partial charge in [0.15, 0.2) is 11.5 Å². The monoisotopic (exact) mass is 574 g/mol. The third-order valence-electron chi connectivity index (χ3n) is 11.1. The largest absolute Gasteiger partial charge is 0.491 e. The Morgan fingerprint density at radius 2 is 1.27 bits per heavy atom. The minimum absolute atomic E-state index is 0.0385. The van der Waals surface area contributed by atoms with E-state index in [1.807, 2.05) is 0 Å². The topological polar surface area (TPSA) is 44.8 Å². The van der Waals surface area contributed by atoms with Gasteiger partial charge in [-0.15, -0.1) is 0 Å². The third kappa shape index (κ3) is 7.76. The first-order valence-corrected chi connectivity index (χ1v) is 16.9. The van der Waals surface area contributed by atoms with Gasteiger partial charge in [-0.25, -0.2) is 0 Å². The Morgan fingerprint density at radius 3 is 1.93 bits per heavy atom. The Kier molecular flexibility index (Phi) is 10.9. The molecule has 0 heterocycles. The van der Waals surface area contributed by atoms with E-state index < -0.39 is 11.6 Å². The average molecular weight is 575 g/mol. The molecule has 0 N–H and O–H groups in total. The van der Waals surface area contributed by atoms with Crippen LogP contribution in [0.5, 0.6) is 11.5 Å². The van der Waals surface area contributed by atoms with Gasteiger partial charge < -0.3 is 14.2 Å². The molecule has 0 amide bonds. The van der Waals surface area contributed by atoms with Crippen molar-refractivity contribution in [2.75, 3.05) is 13.2 Å². The molecule has 4 aliphatic rings. The molecule has 4 unspecified atom stereocenters. The number of rotatable bonds is 10. The highest BCUT2D eigenvalue weighted by molar-refractivity contribution is 5.72. The quantitative estimate of drug-likeness (QED) is 0.261. The second-order valence-electron chi connectivity index (χ2n) is 13.7. The highest BCUT2D eigenvalue weighted by Gasteiger charge is 2.40. The molecule has 4 fully saturated rings. The van der Waals surface area contributed by atoms with Gasteiger partial charge >= 0.3 is 5.97 Å². The van der Waals surface area contributed by atoms with E-state index in [9.17, 15) is 13.6 Å². The maximum absolute atomic E-state index is 14.4. The molecule has 5 rings (SSSR count). The lowest BCUT2D eigenvalue weighted by Gasteiger charge is -2.42. The van der Waals surface area contributed by atoms with Gasteiger partial charge in [0.2, 0.25) is 11.6 Å². The summed E-state index contributed by atoms with van der Waals surface area (Å²) in [5.41, 5.74) is 0. The van der Waals surface area contributed by atoms with Crippen LogP contribution in [0.25, 0.3) is 0 Å². The van der Waals surface area contributed by atoms with E-state index in [4.69, 9.17) is 14.2 Å².